The highest BCUT2D eigenvalue weighted by molar-refractivity contribution is 6.07. The van der Waals surface area contributed by atoms with Gasteiger partial charge in [0.25, 0.3) is 5.56 Å². The topological polar surface area (TPSA) is 179 Å². The van der Waals surface area contributed by atoms with E-state index in [1.54, 1.807) is 20.9 Å². The Morgan fingerprint density at radius 2 is 1.91 bits per heavy atom. The third-order valence-corrected chi connectivity index (χ3v) is 5.13. The van der Waals surface area contributed by atoms with Crippen molar-refractivity contribution in [3.8, 4) is 0 Å². The van der Waals surface area contributed by atoms with Crippen molar-refractivity contribution in [3.05, 3.63) is 44.3 Å². The standard InChI is InChI=1S/C20H21N7O7/c1-5-32-19(30)12-9(2)34-17-13(12)15(21)23-10(24-17)7-33-11(28)6-27-18(29)14-16(22-8-25(14)3)26(4)20(27)31/h8H,5-7H2,1-4H3,(H2,21,23,24). The third kappa shape index (κ3) is 3.68. The number of carbonyl (C=O) groups is 2. The van der Waals surface area contributed by atoms with Crippen LogP contribution >= 0.6 is 0 Å². The quantitative estimate of drug-likeness (QED) is 0.367. The van der Waals surface area contributed by atoms with Gasteiger partial charge in [0.15, 0.2) is 23.6 Å². The summed E-state index contributed by atoms with van der Waals surface area (Å²) in [4.78, 5) is 62.1. The molecule has 4 heterocycles. The molecule has 4 aromatic heterocycles. The Hall–Kier alpha value is -4.49. The van der Waals surface area contributed by atoms with Crippen LogP contribution in [0, 0.1) is 6.92 Å². The number of nitrogens with zero attached hydrogens (tertiary/aromatic N) is 6. The van der Waals surface area contributed by atoms with Gasteiger partial charge in [-0.25, -0.2) is 24.1 Å². The number of furan rings is 1. The van der Waals surface area contributed by atoms with Crippen LogP contribution in [0.15, 0.2) is 20.3 Å². The van der Waals surface area contributed by atoms with Gasteiger partial charge in [0, 0.05) is 14.1 Å². The second kappa shape index (κ2) is 8.46. The fourth-order valence-corrected chi connectivity index (χ4v) is 3.55. The molecule has 0 bridgehead atoms. The van der Waals surface area contributed by atoms with Crippen molar-refractivity contribution in [3.63, 3.8) is 0 Å². The zero-order valence-corrected chi connectivity index (χ0v) is 18.8. The van der Waals surface area contributed by atoms with Gasteiger partial charge in [-0.15, -0.1) is 0 Å². The van der Waals surface area contributed by atoms with Gasteiger partial charge in [0.05, 0.1) is 18.3 Å². The Morgan fingerprint density at radius 3 is 2.62 bits per heavy atom. The van der Waals surface area contributed by atoms with Gasteiger partial charge in [-0.3, -0.25) is 14.2 Å². The van der Waals surface area contributed by atoms with Crippen molar-refractivity contribution in [1.82, 2.24) is 28.7 Å². The summed E-state index contributed by atoms with van der Waals surface area (Å²) in [5.74, 6) is -1.28. The number of hydrogen-bond acceptors (Lipinski definition) is 11. The normalized spacial score (nSPS) is 11.3. The monoisotopic (exact) mass is 471 g/mol. The van der Waals surface area contributed by atoms with Crippen molar-refractivity contribution in [2.75, 3.05) is 12.3 Å². The van der Waals surface area contributed by atoms with Crippen LogP contribution in [0.1, 0.15) is 28.9 Å². The Balaban J connectivity index is 1.57. The maximum Gasteiger partial charge on any atom is 0.342 e. The fraction of sp³-hybridized carbons (Fsp3) is 0.350. The highest BCUT2D eigenvalue weighted by atomic mass is 16.5. The summed E-state index contributed by atoms with van der Waals surface area (Å²) in [6.45, 7) is 2.36. The summed E-state index contributed by atoms with van der Waals surface area (Å²) in [6.07, 6.45) is 1.40. The van der Waals surface area contributed by atoms with E-state index in [-0.39, 0.29) is 51.8 Å². The number of hydrogen-bond donors (Lipinski definition) is 1. The van der Waals surface area contributed by atoms with Crippen molar-refractivity contribution < 1.29 is 23.5 Å². The summed E-state index contributed by atoms with van der Waals surface area (Å²) in [5, 5.41) is 0.200. The second-order valence-corrected chi connectivity index (χ2v) is 7.38. The van der Waals surface area contributed by atoms with Crippen LogP contribution in [-0.4, -0.2) is 47.2 Å². The predicted molar refractivity (Wildman–Crippen MR) is 117 cm³/mol. The average Bonchev–Trinajstić information content (AvgIpc) is 3.33. The molecule has 0 saturated carbocycles. The van der Waals surface area contributed by atoms with E-state index in [1.807, 2.05) is 0 Å². The molecule has 0 aliphatic carbocycles. The van der Waals surface area contributed by atoms with Gasteiger partial charge in [-0.05, 0) is 13.8 Å². The SMILES string of the molecule is CCOC(=O)c1c(C)oc2nc(COC(=O)Cn3c(=O)c4c(ncn4C)n(C)c3=O)nc(N)c12. The molecule has 0 aliphatic heterocycles. The molecule has 0 spiro atoms. The Bertz CT molecular complexity index is 1570. The van der Waals surface area contributed by atoms with Crippen LogP contribution in [0.2, 0.25) is 0 Å². The average molecular weight is 471 g/mol. The summed E-state index contributed by atoms with van der Waals surface area (Å²) in [6, 6.07) is 0. The molecule has 34 heavy (non-hydrogen) atoms. The van der Waals surface area contributed by atoms with Gasteiger partial charge >= 0.3 is 17.6 Å². The largest absolute Gasteiger partial charge is 0.462 e. The number of fused-ring (bicyclic) bond motifs is 2. The van der Waals surface area contributed by atoms with E-state index < -0.39 is 36.3 Å². The van der Waals surface area contributed by atoms with E-state index in [4.69, 9.17) is 19.6 Å². The number of anilines is 1. The molecular weight excluding hydrogens is 450 g/mol. The number of carbonyl (C=O) groups excluding carboxylic acids is 2. The number of imidazole rings is 1. The lowest BCUT2D eigenvalue weighted by molar-refractivity contribution is -0.146. The Morgan fingerprint density at radius 1 is 1.18 bits per heavy atom. The lowest BCUT2D eigenvalue weighted by atomic mass is 10.2. The molecule has 14 heteroatoms. The molecule has 0 amide bonds. The van der Waals surface area contributed by atoms with E-state index in [9.17, 15) is 19.2 Å². The zero-order chi connectivity index (χ0) is 24.7. The first-order chi connectivity index (χ1) is 16.1. The Labute approximate surface area is 190 Å². The third-order valence-electron chi connectivity index (χ3n) is 5.13. The maximum atomic E-state index is 12.7. The number of ether oxygens (including phenoxy) is 2. The molecule has 0 unspecified atom stereocenters. The van der Waals surface area contributed by atoms with Crippen molar-refractivity contribution in [2.24, 2.45) is 14.1 Å². The molecule has 2 N–H and O–H groups in total. The molecular formula is C20H21N7O7. The minimum atomic E-state index is -0.870. The zero-order valence-electron chi connectivity index (χ0n) is 18.8. The van der Waals surface area contributed by atoms with E-state index in [0.29, 0.717) is 0 Å². The first-order valence-electron chi connectivity index (χ1n) is 10.1. The highest BCUT2D eigenvalue weighted by Crippen LogP contribution is 2.29. The van der Waals surface area contributed by atoms with Gasteiger partial charge < -0.3 is 24.2 Å². The van der Waals surface area contributed by atoms with Crippen molar-refractivity contribution >= 4 is 40.0 Å². The van der Waals surface area contributed by atoms with Crippen LogP contribution in [0.5, 0.6) is 0 Å². The number of rotatable bonds is 6. The van der Waals surface area contributed by atoms with E-state index in [0.717, 1.165) is 4.57 Å². The molecule has 14 nitrogen and oxygen atoms in total. The van der Waals surface area contributed by atoms with E-state index in [2.05, 4.69) is 15.0 Å². The minimum Gasteiger partial charge on any atom is -0.462 e. The van der Waals surface area contributed by atoms with Gasteiger partial charge in [0.1, 0.15) is 23.7 Å². The second-order valence-electron chi connectivity index (χ2n) is 7.38. The molecule has 178 valence electrons. The lowest BCUT2D eigenvalue weighted by Crippen LogP contribution is -2.41. The van der Waals surface area contributed by atoms with Gasteiger partial charge in [-0.1, -0.05) is 0 Å². The maximum absolute atomic E-state index is 12.7. The van der Waals surface area contributed by atoms with Gasteiger partial charge in [0.2, 0.25) is 5.71 Å². The summed E-state index contributed by atoms with van der Waals surface area (Å²) < 4.78 is 19.1. The first-order valence-corrected chi connectivity index (χ1v) is 10.1. The summed E-state index contributed by atoms with van der Waals surface area (Å²) in [5.41, 5.74) is 5.13. The van der Waals surface area contributed by atoms with E-state index >= 15 is 0 Å². The number of aromatic nitrogens is 6. The number of aryl methyl sites for hydroxylation is 3. The molecule has 4 rings (SSSR count). The smallest absolute Gasteiger partial charge is 0.342 e. The molecule has 0 aliphatic rings. The van der Waals surface area contributed by atoms with Crippen LogP contribution in [0.3, 0.4) is 0 Å². The first kappa shape index (κ1) is 22.7. The van der Waals surface area contributed by atoms with Crippen LogP contribution in [0.25, 0.3) is 22.3 Å². The molecule has 0 radical (unpaired) electrons. The molecule has 0 saturated heterocycles. The lowest BCUT2D eigenvalue weighted by Gasteiger charge is -2.09. The molecule has 0 atom stereocenters. The van der Waals surface area contributed by atoms with Gasteiger partial charge in [-0.2, -0.15) is 4.98 Å². The molecule has 0 fully saturated rings. The number of nitrogen functional groups attached to an aromatic ring is 1. The predicted octanol–water partition coefficient (Wildman–Crippen LogP) is -0.219. The summed E-state index contributed by atoms with van der Waals surface area (Å²) >= 11 is 0. The van der Waals surface area contributed by atoms with Crippen LogP contribution in [-0.2, 0) is 41.5 Å². The van der Waals surface area contributed by atoms with E-state index in [1.165, 1.54) is 22.5 Å². The van der Waals surface area contributed by atoms with Crippen molar-refractivity contribution in [2.45, 2.75) is 27.0 Å². The Kier molecular flexibility index (Phi) is 5.65. The summed E-state index contributed by atoms with van der Waals surface area (Å²) in [7, 11) is 3.05. The molecule has 4 aromatic rings. The number of nitrogens with two attached hydrogens (primary N) is 1. The minimum absolute atomic E-state index is 0.00449. The van der Waals surface area contributed by atoms with Crippen LogP contribution in [0.4, 0.5) is 5.82 Å². The highest BCUT2D eigenvalue weighted by Gasteiger charge is 2.24. The van der Waals surface area contributed by atoms with Crippen LogP contribution < -0.4 is 17.0 Å². The van der Waals surface area contributed by atoms with Crippen molar-refractivity contribution in [1.29, 1.82) is 0 Å². The molecule has 0 aromatic carbocycles. The number of esters is 2. The fourth-order valence-electron chi connectivity index (χ4n) is 3.55.